The monoisotopic (exact) mass is 325 g/mol. The molecule has 6 heteroatoms. The molecule has 0 fully saturated rings. The summed E-state index contributed by atoms with van der Waals surface area (Å²) >= 11 is 9.16. The summed E-state index contributed by atoms with van der Waals surface area (Å²) in [5, 5.41) is 3.04. The van der Waals surface area contributed by atoms with Gasteiger partial charge in [-0.1, -0.05) is 11.6 Å². The Labute approximate surface area is 117 Å². The second-order valence-corrected chi connectivity index (χ2v) is 4.78. The molecule has 1 amide bonds. The maximum atomic E-state index is 12.0. The van der Waals surface area contributed by atoms with Crippen molar-refractivity contribution >= 4 is 44.8 Å². The zero-order valence-corrected chi connectivity index (χ0v) is 11.5. The molecule has 0 aliphatic rings. The number of benzene rings is 1. The summed E-state index contributed by atoms with van der Waals surface area (Å²) in [6, 6.07) is 8.22. The van der Waals surface area contributed by atoms with Gasteiger partial charge in [0.25, 0.3) is 5.91 Å². The van der Waals surface area contributed by atoms with Crippen molar-refractivity contribution in [2.45, 2.75) is 0 Å². The minimum Gasteiger partial charge on any atom is -0.399 e. The van der Waals surface area contributed by atoms with Gasteiger partial charge in [0.05, 0.1) is 22.5 Å². The van der Waals surface area contributed by atoms with Crippen LogP contribution in [0.1, 0.15) is 10.4 Å². The second-order valence-electron chi connectivity index (χ2n) is 3.56. The van der Waals surface area contributed by atoms with Crippen molar-refractivity contribution in [3.8, 4) is 0 Å². The van der Waals surface area contributed by atoms with Crippen LogP contribution >= 0.6 is 27.5 Å². The van der Waals surface area contributed by atoms with Crippen molar-refractivity contribution in [2.24, 2.45) is 0 Å². The van der Waals surface area contributed by atoms with Crippen LogP contribution in [0.3, 0.4) is 0 Å². The molecule has 92 valence electrons. The van der Waals surface area contributed by atoms with E-state index < -0.39 is 0 Å². The molecule has 0 radical (unpaired) electrons. The van der Waals surface area contributed by atoms with Gasteiger partial charge in [-0.05, 0) is 46.3 Å². The highest BCUT2D eigenvalue weighted by atomic mass is 79.9. The van der Waals surface area contributed by atoms with Crippen LogP contribution in [0.4, 0.5) is 11.4 Å². The Morgan fingerprint density at radius 1 is 1.33 bits per heavy atom. The number of carbonyl (C=O) groups excluding carboxylic acids is 1. The van der Waals surface area contributed by atoms with Gasteiger partial charge >= 0.3 is 0 Å². The normalized spacial score (nSPS) is 10.1. The van der Waals surface area contributed by atoms with E-state index in [1.54, 1.807) is 30.5 Å². The molecule has 1 aromatic carbocycles. The number of carbonyl (C=O) groups is 1. The summed E-state index contributed by atoms with van der Waals surface area (Å²) in [7, 11) is 0. The van der Waals surface area contributed by atoms with Crippen LogP contribution in [0.5, 0.6) is 0 Å². The van der Waals surface area contributed by atoms with Gasteiger partial charge in [0.1, 0.15) is 4.60 Å². The van der Waals surface area contributed by atoms with E-state index in [4.69, 9.17) is 17.3 Å². The van der Waals surface area contributed by atoms with Gasteiger partial charge in [0, 0.05) is 5.69 Å². The maximum Gasteiger partial charge on any atom is 0.257 e. The molecule has 0 saturated heterocycles. The first-order chi connectivity index (χ1) is 8.56. The molecule has 0 atom stereocenters. The van der Waals surface area contributed by atoms with E-state index >= 15 is 0 Å². The number of aromatic nitrogens is 1. The Kier molecular flexibility index (Phi) is 3.84. The van der Waals surface area contributed by atoms with Crippen molar-refractivity contribution in [1.82, 2.24) is 4.98 Å². The van der Waals surface area contributed by atoms with Crippen LogP contribution in [-0.2, 0) is 0 Å². The van der Waals surface area contributed by atoms with Gasteiger partial charge in [-0.2, -0.15) is 0 Å². The lowest BCUT2D eigenvalue weighted by atomic mass is 10.2. The number of hydrogen-bond acceptors (Lipinski definition) is 3. The molecule has 0 aliphatic heterocycles. The average Bonchev–Trinajstić information content (AvgIpc) is 2.35. The van der Waals surface area contributed by atoms with Gasteiger partial charge in [0.15, 0.2) is 0 Å². The first-order valence-corrected chi connectivity index (χ1v) is 6.21. The van der Waals surface area contributed by atoms with Gasteiger partial charge in [-0.3, -0.25) is 4.79 Å². The fraction of sp³-hybridized carbons (Fsp3) is 0. The zero-order chi connectivity index (χ0) is 13.1. The Morgan fingerprint density at radius 3 is 2.78 bits per heavy atom. The molecule has 1 heterocycles. The summed E-state index contributed by atoms with van der Waals surface area (Å²) in [4.78, 5) is 16.0. The first-order valence-electron chi connectivity index (χ1n) is 5.04. The number of halogens is 2. The molecule has 2 aromatic rings. The van der Waals surface area contributed by atoms with Gasteiger partial charge < -0.3 is 11.1 Å². The minimum atomic E-state index is -0.323. The van der Waals surface area contributed by atoms with Crippen LogP contribution in [-0.4, -0.2) is 10.9 Å². The van der Waals surface area contributed by atoms with Gasteiger partial charge in [-0.15, -0.1) is 0 Å². The number of nitrogen functional groups attached to an aromatic ring is 1. The molecule has 0 aliphatic carbocycles. The lowest BCUT2D eigenvalue weighted by Crippen LogP contribution is -2.13. The Morgan fingerprint density at radius 2 is 2.11 bits per heavy atom. The van der Waals surface area contributed by atoms with Gasteiger partial charge in [-0.25, -0.2) is 4.98 Å². The lowest BCUT2D eigenvalue weighted by Gasteiger charge is -2.07. The number of rotatable bonds is 2. The third kappa shape index (κ3) is 3.00. The average molecular weight is 327 g/mol. The number of nitrogens with one attached hydrogen (secondary N) is 1. The van der Waals surface area contributed by atoms with Crippen molar-refractivity contribution in [3.05, 3.63) is 51.7 Å². The number of amides is 1. The Balaban J connectivity index is 2.21. The highest BCUT2D eigenvalue weighted by molar-refractivity contribution is 9.10. The molecular formula is C12H9BrClN3O. The largest absolute Gasteiger partial charge is 0.399 e. The topological polar surface area (TPSA) is 68.0 Å². The number of pyridine rings is 1. The fourth-order valence-electron chi connectivity index (χ4n) is 1.37. The van der Waals surface area contributed by atoms with E-state index in [2.05, 4.69) is 26.2 Å². The van der Waals surface area contributed by atoms with Crippen molar-refractivity contribution in [2.75, 3.05) is 11.1 Å². The van der Waals surface area contributed by atoms with Crippen LogP contribution in [0.15, 0.2) is 41.1 Å². The third-order valence-corrected chi connectivity index (χ3v) is 3.02. The Bertz CT molecular complexity index is 586. The molecule has 0 bridgehead atoms. The maximum absolute atomic E-state index is 12.0. The first kappa shape index (κ1) is 12.9. The summed E-state index contributed by atoms with van der Waals surface area (Å²) in [6.45, 7) is 0. The lowest BCUT2D eigenvalue weighted by molar-refractivity contribution is 0.102. The number of nitrogens with zero attached hydrogens (tertiary/aromatic N) is 1. The van der Waals surface area contributed by atoms with Gasteiger partial charge in [0.2, 0.25) is 0 Å². The zero-order valence-electron chi connectivity index (χ0n) is 9.15. The number of nitrogens with two attached hydrogens (primary N) is 1. The molecule has 3 N–H and O–H groups in total. The predicted molar refractivity (Wildman–Crippen MR) is 75.8 cm³/mol. The molecule has 1 aromatic heterocycles. The molecular weight excluding hydrogens is 318 g/mol. The van der Waals surface area contributed by atoms with Crippen LogP contribution < -0.4 is 11.1 Å². The quantitative estimate of drug-likeness (QED) is 0.657. The van der Waals surface area contributed by atoms with E-state index in [0.29, 0.717) is 26.6 Å². The molecule has 4 nitrogen and oxygen atoms in total. The third-order valence-electron chi connectivity index (χ3n) is 2.22. The van der Waals surface area contributed by atoms with Crippen molar-refractivity contribution in [3.63, 3.8) is 0 Å². The van der Waals surface area contributed by atoms with Crippen molar-refractivity contribution in [1.29, 1.82) is 0 Å². The van der Waals surface area contributed by atoms with E-state index in [1.165, 1.54) is 6.07 Å². The highest BCUT2D eigenvalue weighted by Crippen LogP contribution is 2.20. The van der Waals surface area contributed by atoms with E-state index in [0.717, 1.165) is 0 Å². The minimum absolute atomic E-state index is 0.323. The fourth-order valence-corrected chi connectivity index (χ4v) is 1.80. The van der Waals surface area contributed by atoms with E-state index in [1.807, 2.05) is 0 Å². The van der Waals surface area contributed by atoms with Crippen LogP contribution in [0.25, 0.3) is 0 Å². The Hall–Kier alpha value is -1.59. The van der Waals surface area contributed by atoms with E-state index in [-0.39, 0.29) is 5.91 Å². The predicted octanol–water partition coefficient (Wildman–Crippen LogP) is 3.33. The summed E-state index contributed by atoms with van der Waals surface area (Å²) in [6.07, 6.45) is 1.54. The molecule has 0 unspecified atom stereocenters. The number of anilines is 2. The smallest absolute Gasteiger partial charge is 0.257 e. The van der Waals surface area contributed by atoms with E-state index in [9.17, 15) is 4.79 Å². The van der Waals surface area contributed by atoms with Crippen LogP contribution in [0, 0.1) is 0 Å². The molecule has 2 rings (SSSR count). The molecule has 18 heavy (non-hydrogen) atoms. The SMILES string of the molecule is Nc1ccc(Cl)c(C(=O)Nc2ccc(Br)nc2)c1. The van der Waals surface area contributed by atoms with Crippen molar-refractivity contribution < 1.29 is 4.79 Å². The number of hydrogen-bond donors (Lipinski definition) is 2. The van der Waals surface area contributed by atoms with Crippen LogP contribution in [0.2, 0.25) is 5.02 Å². The standard InChI is InChI=1S/C12H9BrClN3O/c13-11-4-2-8(6-16-11)17-12(18)9-5-7(15)1-3-10(9)14/h1-6H,15H2,(H,17,18). The molecule has 0 spiro atoms. The summed E-state index contributed by atoms with van der Waals surface area (Å²) in [5.41, 5.74) is 7.02. The summed E-state index contributed by atoms with van der Waals surface area (Å²) in [5.74, 6) is -0.323. The highest BCUT2D eigenvalue weighted by Gasteiger charge is 2.11. The molecule has 0 saturated carbocycles. The summed E-state index contributed by atoms with van der Waals surface area (Å²) < 4.78 is 0.697. The second kappa shape index (κ2) is 5.37.